The zero-order valence-electron chi connectivity index (χ0n) is 14.4. The lowest BCUT2D eigenvalue weighted by Crippen LogP contribution is -2.11. The van der Waals surface area contributed by atoms with Gasteiger partial charge in [0.2, 0.25) is 5.28 Å². The Kier molecular flexibility index (Phi) is 4.71. The smallest absolute Gasteiger partial charge is 0.226 e. The van der Waals surface area contributed by atoms with Crippen molar-refractivity contribution in [3.05, 3.63) is 46.9 Å². The molecule has 3 rings (SSSR count). The van der Waals surface area contributed by atoms with Crippen LogP contribution in [0.1, 0.15) is 50.3 Å². The SMILES string of the molecule is CCC(Nc1nc(Cl)nc2c1cnn2C)c1ccc(C(C)C)cc1. The van der Waals surface area contributed by atoms with Crippen LogP contribution >= 0.6 is 11.6 Å². The molecule has 1 atom stereocenters. The van der Waals surface area contributed by atoms with Crippen LogP contribution in [0.3, 0.4) is 0 Å². The molecule has 0 aliphatic heterocycles. The maximum Gasteiger partial charge on any atom is 0.226 e. The minimum Gasteiger partial charge on any atom is -0.363 e. The lowest BCUT2D eigenvalue weighted by atomic mass is 9.98. The summed E-state index contributed by atoms with van der Waals surface area (Å²) < 4.78 is 1.70. The summed E-state index contributed by atoms with van der Waals surface area (Å²) in [7, 11) is 1.84. The fourth-order valence-corrected chi connectivity index (χ4v) is 2.97. The summed E-state index contributed by atoms with van der Waals surface area (Å²) in [6.45, 7) is 6.55. The van der Waals surface area contributed by atoms with Crippen LogP contribution in [-0.2, 0) is 7.05 Å². The normalized spacial score (nSPS) is 12.8. The van der Waals surface area contributed by atoms with E-state index in [1.54, 1.807) is 10.9 Å². The summed E-state index contributed by atoms with van der Waals surface area (Å²) in [5.74, 6) is 1.25. The quantitative estimate of drug-likeness (QED) is 0.682. The Balaban J connectivity index is 1.93. The first-order valence-corrected chi connectivity index (χ1v) is 8.59. The molecule has 0 aliphatic carbocycles. The summed E-state index contributed by atoms with van der Waals surface area (Å²) >= 11 is 6.08. The predicted octanol–water partition coefficient (Wildman–Crippen LogP) is 4.70. The number of fused-ring (bicyclic) bond motifs is 1. The van der Waals surface area contributed by atoms with Gasteiger partial charge in [0.15, 0.2) is 5.65 Å². The first kappa shape index (κ1) is 16.7. The highest BCUT2D eigenvalue weighted by Crippen LogP contribution is 2.28. The molecule has 5 nitrogen and oxygen atoms in total. The van der Waals surface area contributed by atoms with Crippen molar-refractivity contribution in [3.63, 3.8) is 0 Å². The van der Waals surface area contributed by atoms with Crippen LogP contribution in [0.2, 0.25) is 5.28 Å². The van der Waals surface area contributed by atoms with Gasteiger partial charge in [-0.25, -0.2) is 0 Å². The van der Waals surface area contributed by atoms with Gasteiger partial charge in [0, 0.05) is 7.05 Å². The summed E-state index contributed by atoms with van der Waals surface area (Å²) in [4.78, 5) is 8.61. The molecule has 0 saturated carbocycles. The van der Waals surface area contributed by atoms with Gasteiger partial charge in [-0.05, 0) is 35.1 Å². The van der Waals surface area contributed by atoms with Crippen molar-refractivity contribution in [3.8, 4) is 0 Å². The fraction of sp³-hybridized carbons (Fsp3) is 0.389. The Morgan fingerprint density at radius 1 is 1.12 bits per heavy atom. The third kappa shape index (κ3) is 3.22. The Morgan fingerprint density at radius 3 is 2.42 bits per heavy atom. The van der Waals surface area contributed by atoms with E-state index in [4.69, 9.17) is 11.6 Å². The van der Waals surface area contributed by atoms with E-state index in [1.165, 1.54) is 11.1 Å². The molecule has 24 heavy (non-hydrogen) atoms. The number of rotatable bonds is 5. The van der Waals surface area contributed by atoms with Crippen LogP contribution < -0.4 is 5.32 Å². The highest BCUT2D eigenvalue weighted by atomic mass is 35.5. The summed E-state index contributed by atoms with van der Waals surface area (Å²) in [6, 6.07) is 8.90. The summed E-state index contributed by atoms with van der Waals surface area (Å²) in [5.41, 5.74) is 3.30. The second kappa shape index (κ2) is 6.77. The highest BCUT2D eigenvalue weighted by molar-refractivity contribution is 6.28. The third-order valence-corrected chi connectivity index (χ3v) is 4.46. The maximum absolute atomic E-state index is 6.08. The molecule has 2 heterocycles. The number of nitrogens with zero attached hydrogens (tertiary/aromatic N) is 4. The van der Waals surface area contributed by atoms with Crippen LogP contribution in [-0.4, -0.2) is 19.7 Å². The Hall–Kier alpha value is -2.14. The first-order valence-electron chi connectivity index (χ1n) is 8.21. The molecule has 0 radical (unpaired) electrons. The minimum absolute atomic E-state index is 0.153. The second-order valence-corrected chi connectivity index (χ2v) is 6.61. The lowest BCUT2D eigenvalue weighted by molar-refractivity contribution is 0.743. The van der Waals surface area contributed by atoms with Gasteiger partial charge < -0.3 is 5.32 Å². The molecular weight excluding hydrogens is 322 g/mol. The van der Waals surface area contributed by atoms with Crippen molar-refractivity contribution in [2.24, 2.45) is 7.05 Å². The van der Waals surface area contributed by atoms with Crippen LogP contribution in [0, 0.1) is 0 Å². The van der Waals surface area contributed by atoms with Crippen LogP contribution in [0.15, 0.2) is 30.5 Å². The van der Waals surface area contributed by atoms with Crippen molar-refractivity contribution in [2.75, 3.05) is 5.32 Å². The molecule has 0 bridgehead atoms. The summed E-state index contributed by atoms with van der Waals surface area (Å²) in [5, 5.41) is 8.85. The largest absolute Gasteiger partial charge is 0.363 e. The zero-order valence-corrected chi connectivity index (χ0v) is 15.2. The third-order valence-electron chi connectivity index (χ3n) is 4.29. The minimum atomic E-state index is 0.153. The van der Waals surface area contributed by atoms with E-state index in [9.17, 15) is 0 Å². The van der Waals surface area contributed by atoms with Gasteiger partial charge in [-0.3, -0.25) is 4.68 Å². The van der Waals surface area contributed by atoms with Crippen LogP contribution in [0.25, 0.3) is 11.0 Å². The van der Waals surface area contributed by atoms with Gasteiger partial charge in [-0.2, -0.15) is 15.1 Å². The van der Waals surface area contributed by atoms with Gasteiger partial charge in [0.1, 0.15) is 5.82 Å². The monoisotopic (exact) mass is 343 g/mol. The molecule has 3 aromatic rings. The van der Waals surface area contributed by atoms with Gasteiger partial charge in [-0.1, -0.05) is 45.0 Å². The zero-order chi connectivity index (χ0) is 17.3. The van der Waals surface area contributed by atoms with Crippen molar-refractivity contribution in [2.45, 2.75) is 39.2 Å². The number of benzene rings is 1. The molecule has 0 amide bonds. The fourth-order valence-electron chi connectivity index (χ4n) is 2.80. The maximum atomic E-state index is 6.08. The molecule has 126 valence electrons. The van der Waals surface area contributed by atoms with E-state index < -0.39 is 0 Å². The molecule has 0 aliphatic rings. The van der Waals surface area contributed by atoms with E-state index in [2.05, 4.69) is 65.4 Å². The Bertz CT molecular complexity index is 838. The molecule has 1 unspecified atom stereocenters. The number of halogens is 1. The molecule has 0 saturated heterocycles. The number of hydrogen-bond acceptors (Lipinski definition) is 4. The molecular formula is C18H22ClN5. The van der Waals surface area contributed by atoms with Crippen LogP contribution in [0.5, 0.6) is 0 Å². The molecule has 0 spiro atoms. The number of aryl methyl sites for hydroxylation is 1. The van der Waals surface area contributed by atoms with Gasteiger partial charge in [-0.15, -0.1) is 0 Å². The second-order valence-electron chi connectivity index (χ2n) is 6.27. The number of aromatic nitrogens is 4. The molecule has 2 aromatic heterocycles. The molecule has 0 fully saturated rings. The highest BCUT2D eigenvalue weighted by Gasteiger charge is 2.15. The van der Waals surface area contributed by atoms with Gasteiger partial charge in [0.05, 0.1) is 17.6 Å². The van der Waals surface area contributed by atoms with E-state index in [-0.39, 0.29) is 11.3 Å². The van der Waals surface area contributed by atoms with E-state index in [0.717, 1.165) is 23.3 Å². The number of hydrogen-bond donors (Lipinski definition) is 1. The van der Waals surface area contributed by atoms with E-state index >= 15 is 0 Å². The first-order chi connectivity index (χ1) is 11.5. The van der Waals surface area contributed by atoms with E-state index in [1.807, 2.05) is 7.05 Å². The average Bonchev–Trinajstić information content (AvgIpc) is 2.94. The van der Waals surface area contributed by atoms with Crippen LogP contribution in [0.4, 0.5) is 5.82 Å². The Labute approximate surface area is 147 Å². The summed E-state index contributed by atoms with van der Waals surface area (Å²) in [6.07, 6.45) is 2.70. The Morgan fingerprint density at radius 2 is 1.79 bits per heavy atom. The predicted molar refractivity (Wildman–Crippen MR) is 98.5 cm³/mol. The van der Waals surface area contributed by atoms with Crippen molar-refractivity contribution >= 4 is 28.5 Å². The van der Waals surface area contributed by atoms with Gasteiger partial charge in [0.25, 0.3) is 0 Å². The standard InChI is InChI=1S/C18H22ClN5/c1-5-15(13-8-6-12(7-9-13)11(2)3)21-16-14-10-20-24(4)17(14)23-18(19)22-16/h6-11,15H,5H2,1-4H3,(H,21,22,23). The van der Waals surface area contributed by atoms with Gasteiger partial charge >= 0.3 is 0 Å². The number of nitrogens with one attached hydrogen (secondary N) is 1. The number of anilines is 1. The molecule has 6 heteroatoms. The van der Waals surface area contributed by atoms with E-state index in [0.29, 0.717) is 5.92 Å². The molecule has 1 N–H and O–H groups in total. The average molecular weight is 344 g/mol. The van der Waals surface area contributed by atoms with Crippen molar-refractivity contribution in [1.29, 1.82) is 0 Å². The lowest BCUT2D eigenvalue weighted by Gasteiger charge is -2.19. The topological polar surface area (TPSA) is 55.6 Å². The molecule has 1 aromatic carbocycles. The van der Waals surface area contributed by atoms with Crippen molar-refractivity contribution < 1.29 is 0 Å². The van der Waals surface area contributed by atoms with Crippen molar-refractivity contribution in [1.82, 2.24) is 19.7 Å².